The number of ether oxygens (including phenoxy) is 1. The first-order valence-corrected chi connectivity index (χ1v) is 3.71. The molecule has 1 atom stereocenters. The summed E-state index contributed by atoms with van der Waals surface area (Å²) >= 11 is 0. The maximum atomic E-state index is 12.1. The smallest absolute Gasteiger partial charge is 0.366 e. The highest BCUT2D eigenvalue weighted by atomic mass is 19.4. The molecule has 6 heteroatoms. The summed E-state index contributed by atoms with van der Waals surface area (Å²) in [7, 11) is 1.48. The van der Waals surface area contributed by atoms with E-state index in [1.165, 1.54) is 11.7 Å². The summed E-state index contributed by atoms with van der Waals surface area (Å²) in [6, 6.07) is 1.03. The van der Waals surface area contributed by atoms with Crippen LogP contribution in [0.3, 0.4) is 0 Å². The van der Waals surface area contributed by atoms with E-state index in [1.54, 1.807) is 0 Å². The van der Waals surface area contributed by atoms with Gasteiger partial charge >= 0.3 is 6.18 Å². The Kier molecular flexibility index (Phi) is 1.63. The molecule has 0 saturated carbocycles. The van der Waals surface area contributed by atoms with Gasteiger partial charge in [0.05, 0.1) is 12.3 Å². The number of aromatic nitrogens is 2. The summed E-state index contributed by atoms with van der Waals surface area (Å²) in [5.74, 6) is 0. The molecular weight excluding hydrogens is 185 g/mol. The second kappa shape index (κ2) is 2.47. The first kappa shape index (κ1) is 8.55. The Morgan fingerprint density at radius 2 is 2.23 bits per heavy atom. The van der Waals surface area contributed by atoms with Gasteiger partial charge in [-0.1, -0.05) is 0 Å². The van der Waals surface area contributed by atoms with E-state index in [2.05, 4.69) is 5.10 Å². The molecule has 0 spiro atoms. The van der Waals surface area contributed by atoms with Crippen molar-refractivity contribution in [3.63, 3.8) is 0 Å². The van der Waals surface area contributed by atoms with Crippen LogP contribution in [-0.2, 0) is 18.0 Å². The molecule has 0 aromatic carbocycles. The molecule has 1 saturated heterocycles. The van der Waals surface area contributed by atoms with Crippen molar-refractivity contribution in [1.82, 2.24) is 9.78 Å². The lowest BCUT2D eigenvalue weighted by molar-refractivity contribution is -0.141. The maximum Gasteiger partial charge on any atom is 0.435 e. The standard InChI is InChI=1S/C7H7F3N2O/c1-12-4(5-3-13-5)2-6(11-12)7(8,9)10/h2,5H,3H2,1H3/t5-/m0/s1. The maximum absolute atomic E-state index is 12.1. The van der Waals surface area contributed by atoms with Crippen LogP contribution in [0.5, 0.6) is 0 Å². The highest BCUT2D eigenvalue weighted by Crippen LogP contribution is 2.34. The van der Waals surface area contributed by atoms with Crippen molar-refractivity contribution < 1.29 is 17.9 Å². The van der Waals surface area contributed by atoms with Crippen LogP contribution < -0.4 is 0 Å². The minimum absolute atomic E-state index is 0.200. The lowest BCUT2D eigenvalue weighted by Crippen LogP contribution is -2.06. The zero-order chi connectivity index (χ0) is 9.64. The molecule has 1 aliphatic rings. The average molecular weight is 192 g/mol. The quantitative estimate of drug-likeness (QED) is 0.631. The number of aryl methyl sites for hydroxylation is 1. The highest BCUT2D eigenvalue weighted by molar-refractivity contribution is 5.17. The van der Waals surface area contributed by atoms with Gasteiger partial charge in [0.15, 0.2) is 5.69 Å². The summed E-state index contributed by atoms with van der Waals surface area (Å²) in [4.78, 5) is 0. The van der Waals surface area contributed by atoms with Crippen LogP contribution in [0.1, 0.15) is 17.5 Å². The zero-order valence-electron chi connectivity index (χ0n) is 6.80. The highest BCUT2D eigenvalue weighted by Gasteiger charge is 2.37. The molecule has 72 valence electrons. The molecule has 13 heavy (non-hydrogen) atoms. The van der Waals surface area contributed by atoms with E-state index in [-0.39, 0.29) is 6.10 Å². The SMILES string of the molecule is Cn1nc(C(F)(F)F)cc1[C@@H]1CO1. The van der Waals surface area contributed by atoms with Crippen molar-refractivity contribution in [2.45, 2.75) is 12.3 Å². The van der Waals surface area contributed by atoms with Crippen molar-refractivity contribution in [3.05, 3.63) is 17.5 Å². The Bertz CT molecular complexity index is 327. The second-order valence-corrected chi connectivity index (χ2v) is 2.90. The topological polar surface area (TPSA) is 30.4 Å². The molecule has 0 amide bonds. The van der Waals surface area contributed by atoms with E-state index in [4.69, 9.17) is 4.74 Å². The van der Waals surface area contributed by atoms with Gasteiger partial charge in [-0.05, 0) is 6.07 Å². The fraction of sp³-hybridized carbons (Fsp3) is 0.571. The minimum Gasteiger partial charge on any atom is -0.366 e. The molecule has 0 N–H and O–H groups in total. The van der Waals surface area contributed by atoms with Gasteiger partial charge < -0.3 is 4.74 Å². The van der Waals surface area contributed by atoms with Crippen LogP contribution in [-0.4, -0.2) is 16.4 Å². The first-order chi connectivity index (χ1) is 5.98. The van der Waals surface area contributed by atoms with E-state index < -0.39 is 11.9 Å². The van der Waals surface area contributed by atoms with Crippen molar-refractivity contribution in [1.29, 1.82) is 0 Å². The Hall–Kier alpha value is -1.04. The van der Waals surface area contributed by atoms with Crippen LogP contribution >= 0.6 is 0 Å². The number of hydrogen-bond acceptors (Lipinski definition) is 2. The van der Waals surface area contributed by atoms with E-state index in [0.29, 0.717) is 12.3 Å². The summed E-state index contributed by atoms with van der Waals surface area (Å²) < 4.78 is 42.5. The van der Waals surface area contributed by atoms with Gasteiger partial charge in [0, 0.05) is 7.05 Å². The van der Waals surface area contributed by atoms with Crippen LogP contribution in [0.2, 0.25) is 0 Å². The van der Waals surface area contributed by atoms with Crippen molar-refractivity contribution in [2.75, 3.05) is 6.61 Å². The van der Waals surface area contributed by atoms with Crippen molar-refractivity contribution in [2.24, 2.45) is 7.05 Å². The molecule has 1 aromatic rings. The van der Waals surface area contributed by atoms with Crippen LogP contribution in [0, 0.1) is 0 Å². The zero-order valence-corrected chi connectivity index (χ0v) is 6.80. The number of alkyl halides is 3. The molecule has 1 aliphatic heterocycles. The monoisotopic (exact) mass is 192 g/mol. The van der Waals surface area contributed by atoms with Crippen LogP contribution in [0.15, 0.2) is 6.07 Å². The predicted octanol–water partition coefficient (Wildman–Crippen LogP) is 1.51. The third kappa shape index (κ3) is 1.53. The van der Waals surface area contributed by atoms with Crippen LogP contribution in [0.25, 0.3) is 0 Å². The number of nitrogens with zero attached hydrogens (tertiary/aromatic N) is 2. The molecule has 0 bridgehead atoms. The Morgan fingerprint density at radius 1 is 1.62 bits per heavy atom. The van der Waals surface area contributed by atoms with Gasteiger partial charge in [0.25, 0.3) is 0 Å². The van der Waals surface area contributed by atoms with Gasteiger partial charge in [-0.3, -0.25) is 4.68 Å². The molecule has 0 radical (unpaired) electrons. The number of rotatable bonds is 1. The average Bonchev–Trinajstić information content (AvgIpc) is 2.73. The summed E-state index contributed by atoms with van der Waals surface area (Å²) in [6.07, 6.45) is -4.57. The molecule has 2 rings (SSSR count). The third-order valence-corrected chi connectivity index (χ3v) is 1.87. The molecule has 3 nitrogen and oxygen atoms in total. The van der Waals surface area contributed by atoms with Gasteiger partial charge in [-0.2, -0.15) is 18.3 Å². The molecule has 0 unspecified atom stereocenters. The fourth-order valence-corrected chi connectivity index (χ4v) is 1.14. The Morgan fingerprint density at radius 3 is 2.62 bits per heavy atom. The van der Waals surface area contributed by atoms with E-state index in [9.17, 15) is 13.2 Å². The summed E-state index contributed by atoms with van der Waals surface area (Å²) in [6.45, 7) is 0.483. The number of epoxide rings is 1. The Balaban J connectivity index is 2.34. The summed E-state index contributed by atoms with van der Waals surface area (Å²) in [5, 5.41) is 3.35. The lowest BCUT2D eigenvalue weighted by Gasteiger charge is -1.99. The van der Waals surface area contributed by atoms with E-state index >= 15 is 0 Å². The summed E-state index contributed by atoms with van der Waals surface area (Å²) in [5.41, 5.74) is -0.382. The van der Waals surface area contributed by atoms with E-state index in [1.807, 2.05) is 0 Å². The molecular formula is C7H7F3N2O. The molecule has 0 aliphatic carbocycles. The Labute approximate surface area is 72.1 Å². The lowest BCUT2D eigenvalue weighted by atomic mass is 10.3. The molecule has 2 heterocycles. The fourth-order valence-electron chi connectivity index (χ4n) is 1.14. The van der Waals surface area contributed by atoms with Gasteiger partial charge in [-0.25, -0.2) is 0 Å². The van der Waals surface area contributed by atoms with Crippen molar-refractivity contribution >= 4 is 0 Å². The van der Waals surface area contributed by atoms with Gasteiger partial charge in [0.2, 0.25) is 0 Å². The van der Waals surface area contributed by atoms with Gasteiger partial charge in [0.1, 0.15) is 6.10 Å². The van der Waals surface area contributed by atoms with Crippen LogP contribution in [0.4, 0.5) is 13.2 Å². The normalized spacial score (nSPS) is 22.0. The third-order valence-electron chi connectivity index (χ3n) is 1.87. The molecule has 1 aromatic heterocycles. The predicted molar refractivity (Wildman–Crippen MR) is 36.9 cm³/mol. The number of halogens is 3. The van der Waals surface area contributed by atoms with E-state index in [0.717, 1.165) is 6.07 Å². The van der Waals surface area contributed by atoms with Gasteiger partial charge in [-0.15, -0.1) is 0 Å². The molecule has 1 fully saturated rings. The van der Waals surface area contributed by atoms with Crippen molar-refractivity contribution in [3.8, 4) is 0 Å². The number of hydrogen-bond donors (Lipinski definition) is 0. The second-order valence-electron chi connectivity index (χ2n) is 2.90. The first-order valence-electron chi connectivity index (χ1n) is 3.71. The minimum atomic E-state index is -4.37. The largest absolute Gasteiger partial charge is 0.435 e.